The Kier molecular flexibility index (Phi) is 5.86. The second-order valence-corrected chi connectivity index (χ2v) is 4.18. The van der Waals surface area contributed by atoms with Crippen molar-refractivity contribution in [2.75, 3.05) is 32.7 Å². The first-order chi connectivity index (χ1) is 8.17. The standard InChI is InChI=1S/C12H21N3O2/c1-9(2)11-5-12(15-8-14-11)13-6-10(17-4)7-16-3/h5,8-10H,6-7H2,1-4H3,(H,13,14,15). The number of ether oxygens (including phenoxy) is 2. The predicted octanol–water partition coefficient (Wildman–Crippen LogP) is 1.67. The number of nitrogens with zero attached hydrogens (tertiary/aromatic N) is 2. The molecule has 0 bridgehead atoms. The highest BCUT2D eigenvalue weighted by atomic mass is 16.5. The highest BCUT2D eigenvalue weighted by Crippen LogP contribution is 2.13. The van der Waals surface area contributed by atoms with Crippen LogP contribution in [0, 0.1) is 0 Å². The molecule has 0 saturated heterocycles. The second kappa shape index (κ2) is 7.19. The number of hydrogen-bond acceptors (Lipinski definition) is 5. The average Bonchev–Trinajstić information content (AvgIpc) is 2.34. The van der Waals surface area contributed by atoms with Crippen LogP contribution in [0.2, 0.25) is 0 Å². The van der Waals surface area contributed by atoms with Crippen LogP contribution in [0.3, 0.4) is 0 Å². The smallest absolute Gasteiger partial charge is 0.129 e. The van der Waals surface area contributed by atoms with Crippen molar-refractivity contribution in [1.29, 1.82) is 0 Å². The van der Waals surface area contributed by atoms with Gasteiger partial charge in [-0.05, 0) is 5.92 Å². The molecular formula is C12H21N3O2. The minimum absolute atomic E-state index is 0.0254. The van der Waals surface area contributed by atoms with E-state index in [1.165, 1.54) is 0 Å². The summed E-state index contributed by atoms with van der Waals surface area (Å²) in [6.07, 6.45) is 1.60. The van der Waals surface area contributed by atoms with Crippen molar-refractivity contribution in [2.45, 2.75) is 25.9 Å². The molecule has 1 rings (SSSR count). The molecule has 5 nitrogen and oxygen atoms in total. The van der Waals surface area contributed by atoms with E-state index in [1.54, 1.807) is 20.5 Å². The third kappa shape index (κ3) is 4.66. The van der Waals surface area contributed by atoms with Crippen LogP contribution >= 0.6 is 0 Å². The summed E-state index contributed by atoms with van der Waals surface area (Å²) >= 11 is 0. The summed E-state index contributed by atoms with van der Waals surface area (Å²) in [6, 6.07) is 1.96. The van der Waals surface area contributed by atoms with Gasteiger partial charge in [0.15, 0.2) is 0 Å². The lowest BCUT2D eigenvalue weighted by Gasteiger charge is -2.15. The lowest BCUT2D eigenvalue weighted by atomic mass is 10.1. The molecule has 96 valence electrons. The third-order valence-electron chi connectivity index (χ3n) is 2.48. The van der Waals surface area contributed by atoms with E-state index in [1.807, 2.05) is 6.07 Å². The van der Waals surface area contributed by atoms with Crippen molar-refractivity contribution in [3.8, 4) is 0 Å². The Labute approximate surface area is 103 Å². The van der Waals surface area contributed by atoms with Crippen LogP contribution in [0.15, 0.2) is 12.4 Å². The largest absolute Gasteiger partial charge is 0.382 e. The van der Waals surface area contributed by atoms with E-state index in [9.17, 15) is 0 Å². The van der Waals surface area contributed by atoms with Crippen molar-refractivity contribution >= 4 is 5.82 Å². The van der Waals surface area contributed by atoms with Crippen LogP contribution in [0.25, 0.3) is 0 Å². The van der Waals surface area contributed by atoms with Gasteiger partial charge in [-0.3, -0.25) is 0 Å². The van der Waals surface area contributed by atoms with E-state index >= 15 is 0 Å². The zero-order valence-electron chi connectivity index (χ0n) is 10.9. The Morgan fingerprint density at radius 3 is 2.65 bits per heavy atom. The first-order valence-electron chi connectivity index (χ1n) is 5.75. The SMILES string of the molecule is COCC(CNc1cc(C(C)C)ncn1)OC. The number of nitrogens with one attached hydrogen (secondary N) is 1. The normalized spacial score (nSPS) is 12.8. The molecule has 1 aromatic heterocycles. The topological polar surface area (TPSA) is 56.3 Å². The Bertz CT molecular complexity index is 331. The van der Waals surface area contributed by atoms with Gasteiger partial charge in [0.05, 0.1) is 12.7 Å². The maximum atomic E-state index is 5.26. The molecule has 0 aliphatic heterocycles. The summed E-state index contributed by atoms with van der Waals surface area (Å²) in [5.74, 6) is 1.22. The Hall–Kier alpha value is -1.20. The monoisotopic (exact) mass is 239 g/mol. The molecule has 1 heterocycles. The molecular weight excluding hydrogens is 218 g/mol. The van der Waals surface area contributed by atoms with E-state index in [0.717, 1.165) is 11.5 Å². The molecule has 0 radical (unpaired) electrons. The second-order valence-electron chi connectivity index (χ2n) is 4.18. The molecule has 0 aliphatic rings. The van der Waals surface area contributed by atoms with Gasteiger partial charge in [0.25, 0.3) is 0 Å². The Balaban J connectivity index is 2.53. The van der Waals surface area contributed by atoms with Crippen LogP contribution in [-0.4, -0.2) is 43.4 Å². The highest BCUT2D eigenvalue weighted by Gasteiger charge is 2.08. The molecule has 0 fully saturated rings. The van der Waals surface area contributed by atoms with Crippen molar-refractivity contribution in [3.05, 3.63) is 18.1 Å². The average molecular weight is 239 g/mol. The van der Waals surface area contributed by atoms with E-state index in [2.05, 4.69) is 29.1 Å². The molecule has 0 amide bonds. The van der Waals surface area contributed by atoms with Crippen LogP contribution < -0.4 is 5.32 Å². The molecule has 17 heavy (non-hydrogen) atoms. The van der Waals surface area contributed by atoms with Gasteiger partial charge < -0.3 is 14.8 Å². The lowest BCUT2D eigenvalue weighted by molar-refractivity contribution is 0.0365. The first-order valence-corrected chi connectivity index (χ1v) is 5.75. The van der Waals surface area contributed by atoms with E-state index in [0.29, 0.717) is 19.1 Å². The van der Waals surface area contributed by atoms with Crippen LogP contribution in [0.5, 0.6) is 0 Å². The molecule has 1 aromatic rings. The minimum Gasteiger partial charge on any atom is -0.382 e. The maximum Gasteiger partial charge on any atom is 0.129 e. The summed E-state index contributed by atoms with van der Waals surface area (Å²) in [4.78, 5) is 8.39. The summed E-state index contributed by atoms with van der Waals surface area (Å²) in [5.41, 5.74) is 1.03. The zero-order valence-corrected chi connectivity index (χ0v) is 10.9. The van der Waals surface area contributed by atoms with Gasteiger partial charge in [-0.25, -0.2) is 9.97 Å². The van der Waals surface area contributed by atoms with E-state index in [4.69, 9.17) is 9.47 Å². The number of anilines is 1. The van der Waals surface area contributed by atoms with Gasteiger partial charge in [0, 0.05) is 32.5 Å². The molecule has 0 spiro atoms. The zero-order chi connectivity index (χ0) is 12.7. The molecule has 1 N–H and O–H groups in total. The number of hydrogen-bond donors (Lipinski definition) is 1. The quantitative estimate of drug-likeness (QED) is 0.784. The van der Waals surface area contributed by atoms with Crippen LogP contribution in [-0.2, 0) is 9.47 Å². The molecule has 0 aliphatic carbocycles. The molecule has 1 atom stereocenters. The fraction of sp³-hybridized carbons (Fsp3) is 0.667. The lowest BCUT2D eigenvalue weighted by Crippen LogP contribution is -2.26. The highest BCUT2D eigenvalue weighted by molar-refractivity contribution is 5.35. The molecule has 0 saturated carbocycles. The van der Waals surface area contributed by atoms with Gasteiger partial charge in [-0.15, -0.1) is 0 Å². The number of rotatable bonds is 7. The number of methoxy groups -OCH3 is 2. The fourth-order valence-corrected chi connectivity index (χ4v) is 1.40. The van der Waals surface area contributed by atoms with Crippen molar-refractivity contribution in [3.63, 3.8) is 0 Å². The summed E-state index contributed by atoms with van der Waals surface area (Å²) in [7, 11) is 3.33. The van der Waals surface area contributed by atoms with Crippen molar-refractivity contribution in [2.24, 2.45) is 0 Å². The first kappa shape index (κ1) is 13.9. The van der Waals surface area contributed by atoms with Gasteiger partial charge >= 0.3 is 0 Å². The summed E-state index contributed by atoms with van der Waals surface area (Å²) < 4.78 is 10.3. The van der Waals surface area contributed by atoms with Gasteiger partial charge in [-0.1, -0.05) is 13.8 Å². The van der Waals surface area contributed by atoms with Crippen molar-refractivity contribution < 1.29 is 9.47 Å². The summed E-state index contributed by atoms with van der Waals surface area (Å²) in [5, 5.41) is 3.22. The van der Waals surface area contributed by atoms with Gasteiger partial charge in [0.2, 0.25) is 0 Å². The molecule has 5 heteroatoms. The fourth-order valence-electron chi connectivity index (χ4n) is 1.40. The predicted molar refractivity (Wildman–Crippen MR) is 67.3 cm³/mol. The Morgan fingerprint density at radius 2 is 2.06 bits per heavy atom. The molecule has 1 unspecified atom stereocenters. The maximum absolute atomic E-state index is 5.26. The van der Waals surface area contributed by atoms with Crippen LogP contribution in [0.4, 0.5) is 5.82 Å². The van der Waals surface area contributed by atoms with Gasteiger partial charge in [0.1, 0.15) is 12.1 Å². The van der Waals surface area contributed by atoms with Crippen molar-refractivity contribution in [1.82, 2.24) is 9.97 Å². The summed E-state index contributed by atoms with van der Waals surface area (Å²) in [6.45, 7) is 5.44. The minimum atomic E-state index is 0.0254. The number of aromatic nitrogens is 2. The van der Waals surface area contributed by atoms with E-state index < -0.39 is 0 Å². The van der Waals surface area contributed by atoms with Gasteiger partial charge in [-0.2, -0.15) is 0 Å². The Morgan fingerprint density at radius 1 is 1.29 bits per heavy atom. The van der Waals surface area contributed by atoms with E-state index in [-0.39, 0.29) is 6.10 Å². The van der Waals surface area contributed by atoms with Crippen LogP contribution in [0.1, 0.15) is 25.5 Å². The third-order valence-corrected chi connectivity index (χ3v) is 2.48. The molecule has 0 aromatic carbocycles.